The molecule has 0 aliphatic heterocycles. The summed E-state index contributed by atoms with van der Waals surface area (Å²) < 4.78 is 0. The Morgan fingerprint density at radius 2 is 1.69 bits per heavy atom. The van der Waals surface area contributed by atoms with Gasteiger partial charge in [0, 0.05) is 27.9 Å². The number of halogens is 1. The molecule has 0 aliphatic carbocycles. The molecule has 0 bridgehead atoms. The molecular weight excluding hydrogens is 242 g/mol. The first-order valence-corrected chi connectivity index (χ1v) is 5.83. The van der Waals surface area contributed by atoms with Crippen molar-refractivity contribution in [2.75, 3.05) is 0 Å². The van der Waals surface area contributed by atoms with Crippen molar-refractivity contribution in [3.8, 4) is 0 Å². The van der Waals surface area contributed by atoms with Crippen LogP contribution in [0.4, 0.5) is 0 Å². The van der Waals surface area contributed by atoms with E-state index < -0.39 is 0 Å². The number of carbonyl (C=O) groups excluding carboxylic acids is 1. The molecule has 0 fully saturated rings. The highest BCUT2D eigenvalue weighted by atomic mass is 35.5. The number of hydrogen-bond donors (Lipinski definition) is 0. The highest BCUT2D eigenvalue weighted by Gasteiger charge is 2.07. The molecule has 0 saturated carbocycles. The summed E-state index contributed by atoms with van der Waals surface area (Å²) in [5, 5.41) is 0.633. The zero-order valence-electron chi connectivity index (χ0n) is 8.26. The van der Waals surface area contributed by atoms with E-state index in [1.165, 1.54) is 11.8 Å². The molecule has 2 nitrogen and oxygen atoms in total. The van der Waals surface area contributed by atoms with E-state index in [1.807, 2.05) is 0 Å². The van der Waals surface area contributed by atoms with Crippen LogP contribution in [0.5, 0.6) is 0 Å². The number of carbonyl (C=O) groups is 1. The van der Waals surface area contributed by atoms with Crippen molar-refractivity contribution in [2.45, 2.75) is 4.90 Å². The van der Waals surface area contributed by atoms with Crippen molar-refractivity contribution in [1.82, 2.24) is 4.98 Å². The molecule has 16 heavy (non-hydrogen) atoms. The molecule has 0 saturated heterocycles. The van der Waals surface area contributed by atoms with Crippen molar-refractivity contribution in [3.63, 3.8) is 0 Å². The van der Waals surface area contributed by atoms with Crippen LogP contribution in [0.25, 0.3) is 0 Å². The predicted molar refractivity (Wildman–Crippen MR) is 65.9 cm³/mol. The number of hydrogen-bond acceptors (Lipinski definition) is 3. The Kier molecular flexibility index (Phi) is 3.59. The SMILES string of the molecule is O=C(Sc1ccncc1)c1ccc(Cl)cc1. The van der Waals surface area contributed by atoms with Gasteiger partial charge in [-0.1, -0.05) is 11.6 Å². The smallest absolute Gasteiger partial charge is 0.224 e. The monoisotopic (exact) mass is 249 g/mol. The number of benzene rings is 1. The fourth-order valence-corrected chi connectivity index (χ4v) is 2.01. The lowest BCUT2D eigenvalue weighted by Crippen LogP contribution is -1.92. The van der Waals surface area contributed by atoms with Crippen LogP contribution in [0, 0.1) is 0 Å². The van der Waals surface area contributed by atoms with Crippen molar-refractivity contribution in [3.05, 3.63) is 59.4 Å². The molecular formula is C12H8ClNOS. The van der Waals surface area contributed by atoms with Gasteiger partial charge in [0.25, 0.3) is 0 Å². The van der Waals surface area contributed by atoms with Crippen LogP contribution in [0.2, 0.25) is 5.02 Å². The largest absolute Gasteiger partial charge is 0.281 e. The number of thioether (sulfide) groups is 1. The van der Waals surface area contributed by atoms with E-state index in [2.05, 4.69) is 4.98 Å². The molecule has 1 heterocycles. The molecule has 0 unspecified atom stereocenters. The minimum absolute atomic E-state index is 0.00265. The number of pyridine rings is 1. The maximum atomic E-state index is 11.8. The van der Waals surface area contributed by atoms with Crippen LogP contribution < -0.4 is 0 Å². The summed E-state index contributed by atoms with van der Waals surface area (Å²) >= 11 is 6.93. The average molecular weight is 250 g/mol. The third-order valence-corrected chi connectivity index (χ3v) is 3.12. The van der Waals surface area contributed by atoms with Crippen LogP contribution in [-0.4, -0.2) is 10.1 Å². The first-order valence-electron chi connectivity index (χ1n) is 4.63. The minimum atomic E-state index is 0.00265. The van der Waals surface area contributed by atoms with E-state index in [4.69, 9.17) is 11.6 Å². The highest BCUT2D eigenvalue weighted by Crippen LogP contribution is 2.22. The summed E-state index contributed by atoms with van der Waals surface area (Å²) in [5.74, 6) is 0. The third kappa shape index (κ3) is 2.84. The Balaban J connectivity index is 2.12. The zero-order chi connectivity index (χ0) is 11.4. The maximum absolute atomic E-state index is 11.8. The van der Waals surface area contributed by atoms with E-state index in [-0.39, 0.29) is 5.12 Å². The molecule has 4 heteroatoms. The van der Waals surface area contributed by atoms with Crippen molar-refractivity contribution in [1.29, 1.82) is 0 Å². The van der Waals surface area contributed by atoms with Gasteiger partial charge < -0.3 is 0 Å². The van der Waals surface area contributed by atoms with E-state index in [1.54, 1.807) is 48.8 Å². The molecule has 0 radical (unpaired) electrons. The number of aromatic nitrogens is 1. The Morgan fingerprint density at radius 3 is 2.31 bits per heavy atom. The van der Waals surface area contributed by atoms with Crippen molar-refractivity contribution >= 4 is 28.5 Å². The quantitative estimate of drug-likeness (QED) is 0.761. The number of nitrogens with zero attached hydrogens (tertiary/aromatic N) is 1. The van der Waals surface area contributed by atoms with E-state index in [0.29, 0.717) is 10.6 Å². The predicted octanol–water partition coefficient (Wildman–Crippen LogP) is 3.67. The van der Waals surface area contributed by atoms with Gasteiger partial charge in [0.1, 0.15) is 0 Å². The first-order chi connectivity index (χ1) is 7.75. The lowest BCUT2D eigenvalue weighted by Gasteiger charge is -2.00. The van der Waals surface area contributed by atoms with Gasteiger partial charge in [0.15, 0.2) is 0 Å². The highest BCUT2D eigenvalue weighted by molar-refractivity contribution is 8.14. The van der Waals surface area contributed by atoms with Crippen LogP contribution in [0.15, 0.2) is 53.7 Å². The molecule has 1 aromatic heterocycles. The topological polar surface area (TPSA) is 30.0 Å². The second kappa shape index (κ2) is 5.14. The second-order valence-electron chi connectivity index (χ2n) is 3.08. The van der Waals surface area contributed by atoms with E-state index in [0.717, 1.165) is 4.90 Å². The summed E-state index contributed by atoms with van der Waals surface area (Å²) in [5.41, 5.74) is 0.645. The lowest BCUT2D eigenvalue weighted by atomic mass is 10.2. The fourth-order valence-electron chi connectivity index (χ4n) is 1.16. The Morgan fingerprint density at radius 1 is 1.06 bits per heavy atom. The van der Waals surface area contributed by atoms with Crippen LogP contribution in [-0.2, 0) is 0 Å². The molecule has 0 atom stereocenters. The Labute approximate surface area is 103 Å². The normalized spacial score (nSPS) is 10.1. The van der Waals surface area contributed by atoms with Gasteiger partial charge >= 0.3 is 0 Å². The second-order valence-corrected chi connectivity index (χ2v) is 4.56. The summed E-state index contributed by atoms with van der Waals surface area (Å²) in [6.45, 7) is 0. The van der Waals surface area contributed by atoms with Crippen LogP contribution in [0.1, 0.15) is 10.4 Å². The van der Waals surface area contributed by atoms with Crippen LogP contribution >= 0.6 is 23.4 Å². The molecule has 2 rings (SSSR count). The molecule has 80 valence electrons. The Hall–Kier alpha value is -1.32. The van der Waals surface area contributed by atoms with Gasteiger partial charge in [0.05, 0.1) is 0 Å². The zero-order valence-corrected chi connectivity index (χ0v) is 9.83. The molecule has 0 aliphatic rings. The average Bonchev–Trinajstić information content (AvgIpc) is 2.31. The summed E-state index contributed by atoms with van der Waals surface area (Å²) in [6.07, 6.45) is 3.33. The molecule has 2 aromatic rings. The lowest BCUT2D eigenvalue weighted by molar-refractivity contribution is 0.108. The standard InChI is InChI=1S/C12H8ClNOS/c13-10-3-1-9(2-4-10)12(15)16-11-5-7-14-8-6-11/h1-8H. The fraction of sp³-hybridized carbons (Fsp3) is 0. The van der Waals surface area contributed by atoms with E-state index >= 15 is 0 Å². The summed E-state index contributed by atoms with van der Waals surface area (Å²) in [4.78, 5) is 16.6. The first kappa shape index (κ1) is 11.2. The van der Waals surface area contributed by atoms with E-state index in [9.17, 15) is 4.79 Å². The summed E-state index contributed by atoms with van der Waals surface area (Å²) in [6, 6.07) is 10.5. The van der Waals surface area contributed by atoms with Crippen molar-refractivity contribution in [2.24, 2.45) is 0 Å². The molecule has 0 N–H and O–H groups in total. The van der Waals surface area contributed by atoms with Crippen molar-refractivity contribution < 1.29 is 4.79 Å². The minimum Gasteiger partial charge on any atom is -0.281 e. The maximum Gasteiger partial charge on any atom is 0.224 e. The van der Waals surface area contributed by atoms with Gasteiger partial charge in [-0.2, -0.15) is 0 Å². The molecule has 0 amide bonds. The summed E-state index contributed by atoms with van der Waals surface area (Å²) in [7, 11) is 0. The molecule has 0 spiro atoms. The van der Waals surface area contributed by atoms with Crippen LogP contribution in [0.3, 0.4) is 0 Å². The third-order valence-electron chi connectivity index (χ3n) is 1.94. The van der Waals surface area contributed by atoms with Gasteiger partial charge in [-0.05, 0) is 48.2 Å². The Bertz CT molecular complexity index is 484. The van der Waals surface area contributed by atoms with Gasteiger partial charge in [0.2, 0.25) is 5.12 Å². The molecule has 1 aromatic carbocycles. The van der Waals surface area contributed by atoms with Gasteiger partial charge in [-0.15, -0.1) is 0 Å². The van der Waals surface area contributed by atoms with Gasteiger partial charge in [-0.3, -0.25) is 9.78 Å². The van der Waals surface area contributed by atoms with Gasteiger partial charge in [-0.25, -0.2) is 0 Å². The number of rotatable bonds is 2.